The summed E-state index contributed by atoms with van der Waals surface area (Å²) < 4.78 is 71.2. The minimum Gasteiger partial charge on any atom is -0.432 e. The molecule has 97 heavy (non-hydrogen) atoms. The molecule has 40 atom stereocenters. The number of hydrogen-bond acceptors (Lipinski definition) is 32. The molecule has 0 aromatic carbocycles. The maximum absolute atomic E-state index is 15.7. The molecule has 0 spiro atoms. The highest BCUT2D eigenvalue weighted by molar-refractivity contribution is 5.80. The molecule has 11 aliphatic rings. The number of hydrogen-bond donors (Lipinski definition) is 19. The molecular weight excluding hydrogens is 1290 g/mol. The Kier molecular flexibility index (Phi) is 22.1. The third-order valence-corrected chi connectivity index (χ3v) is 25.2. The molecule has 0 bridgehead atoms. The first-order valence-corrected chi connectivity index (χ1v) is 34.2. The fourth-order valence-corrected chi connectivity index (χ4v) is 19.3. The molecule has 0 amide bonds. The average Bonchev–Trinajstić information content (AvgIpc) is 0.669. The monoisotopic (exact) mass is 1400 g/mol. The fraction of sp³-hybridized carbons (Fsp3) is 0.954. The first-order valence-electron chi connectivity index (χ1n) is 34.2. The van der Waals surface area contributed by atoms with Crippen molar-refractivity contribution < 1.29 is 159 Å². The topological polar surface area (TPSA) is 512 Å². The van der Waals surface area contributed by atoms with Crippen molar-refractivity contribution in [3.63, 3.8) is 0 Å². The van der Waals surface area contributed by atoms with E-state index >= 15 is 4.79 Å². The third-order valence-electron chi connectivity index (χ3n) is 25.2. The summed E-state index contributed by atoms with van der Waals surface area (Å²) in [5.74, 6) is -2.10. The zero-order chi connectivity index (χ0) is 71.0. The van der Waals surface area contributed by atoms with E-state index in [1.54, 1.807) is 6.92 Å². The number of carbonyl (C=O) groups excluding carboxylic acids is 1. The molecule has 558 valence electrons. The van der Waals surface area contributed by atoms with E-state index in [4.69, 9.17) is 56.8 Å². The Balaban J connectivity index is 0.793. The predicted octanol–water partition coefficient (Wildman–Crippen LogP) is -5.75. The highest BCUT2D eigenvalue weighted by Gasteiger charge is 2.74. The van der Waals surface area contributed by atoms with Crippen LogP contribution in [0, 0.1) is 50.2 Å². The van der Waals surface area contributed by atoms with Gasteiger partial charge in [0.05, 0.1) is 63.1 Å². The number of allylic oxidation sites excluding steroid dienone is 2. The molecule has 19 N–H and O–H groups in total. The average molecular weight is 1400 g/mol. The third kappa shape index (κ3) is 12.7. The Morgan fingerprint density at radius 1 is 0.485 bits per heavy atom. The Hall–Kier alpha value is -1.99. The second kappa shape index (κ2) is 28.1. The minimum absolute atomic E-state index is 0.0739. The highest BCUT2D eigenvalue weighted by atomic mass is 16.8. The van der Waals surface area contributed by atoms with Crippen LogP contribution in [0.1, 0.15) is 114 Å². The van der Waals surface area contributed by atoms with E-state index in [1.807, 2.05) is 0 Å². The van der Waals surface area contributed by atoms with Crippen LogP contribution in [0.5, 0.6) is 0 Å². The van der Waals surface area contributed by atoms with Crippen LogP contribution in [-0.2, 0) is 61.6 Å². The van der Waals surface area contributed by atoms with Crippen LogP contribution in [0.25, 0.3) is 0 Å². The lowest BCUT2D eigenvalue weighted by Crippen LogP contribution is -2.71. The van der Waals surface area contributed by atoms with Crippen LogP contribution in [0.2, 0.25) is 0 Å². The number of ether oxygens (including phenoxy) is 12. The summed E-state index contributed by atoms with van der Waals surface area (Å²) in [6, 6.07) is 0. The molecule has 11 rings (SSSR count). The van der Waals surface area contributed by atoms with E-state index in [0.717, 1.165) is 5.57 Å². The van der Waals surface area contributed by atoms with Gasteiger partial charge in [-0.05, 0) is 112 Å². The number of aliphatic hydroxyl groups is 19. The first kappa shape index (κ1) is 76.1. The molecule has 1 unspecified atom stereocenters. The molecule has 10 fully saturated rings. The minimum atomic E-state index is -2.01. The van der Waals surface area contributed by atoms with Crippen LogP contribution in [-0.4, -0.2) is 326 Å². The maximum Gasteiger partial charge on any atom is 0.317 e. The van der Waals surface area contributed by atoms with E-state index in [1.165, 1.54) is 20.8 Å². The van der Waals surface area contributed by atoms with Crippen LogP contribution >= 0.6 is 0 Å². The van der Waals surface area contributed by atoms with E-state index in [2.05, 4.69) is 40.7 Å². The van der Waals surface area contributed by atoms with Crippen molar-refractivity contribution in [3.05, 3.63) is 11.6 Å². The summed E-state index contributed by atoms with van der Waals surface area (Å²) >= 11 is 0. The largest absolute Gasteiger partial charge is 0.432 e. The Labute approximate surface area is 561 Å². The molecule has 6 heterocycles. The van der Waals surface area contributed by atoms with Gasteiger partial charge >= 0.3 is 5.97 Å². The van der Waals surface area contributed by atoms with Gasteiger partial charge in [0.1, 0.15) is 121 Å². The van der Waals surface area contributed by atoms with Gasteiger partial charge in [0.2, 0.25) is 6.29 Å². The van der Waals surface area contributed by atoms with Crippen molar-refractivity contribution in [1.29, 1.82) is 0 Å². The Morgan fingerprint density at radius 2 is 1.00 bits per heavy atom. The molecule has 32 nitrogen and oxygen atoms in total. The van der Waals surface area contributed by atoms with E-state index in [0.29, 0.717) is 32.1 Å². The van der Waals surface area contributed by atoms with Crippen LogP contribution in [0.15, 0.2) is 11.6 Å². The predicted molar refractivity (Wildman–Crippen MR) is 322 cm³/mol. The van der Waals surface area contributed by atoms with Crippen LogP contribution in [0.4, 0.5) is 0 Å². The lowest BCUT2D eigenvalue weighted by atomic mass is 9.33. The van der Waals surface area contributed by atoms with Crippen molar-refractivity contribution in [1.82, 2.24) is 0 Å². The molecule has 6 saturated heterocycles. The number of fused-ring (bicyclic) bond motifs is 7. The van der Waals surface area contributed by atoms with Crippen LogP contribution in [0.3, 0.4) is 0 Å². The van der Waals surface area contributed by atoms with Gasteiger partial charge in [-0.3, -0.25) is 4.79 Å². The first-order chi connectivity index (χ1) is 45.4. The van der Waals surface area contributed by atoms with Gasteiger partial charge < -0.3 is 154 Å². The Bertz CT molecular complexity index is 2750. The fourth-order valence-electron chi connectivity index (χ4n) is 19.3. The molecule has 0 aromatic heterocycles. The molecule has 5 aliphatic carbocycles. The molecule has 4 saturated carbocycles. The quantitative estimate of drug-likeness (QED) is 0.0413. The Morgan fingerprint density at radius 3 is 1.63 bits per heavy atom. The van der Waals surface area contributed by atoms with Crippen molar-refractivity contribution in [3.8, 4) is 0 Å². The second-order valence-electron chi connectivity index (χ2n) is 31.5. The van der Waals surface area contributed by atoms with Crippen LogP contribution < -0.4 is 0 Å². The lowest BCUT2D eigenvalue weighted by Gasteiger charge is -2.72. The number of aliphatic hydroxyl groups excluding tert-OH is 19. The van der Waals surface area contributed by atoms with E-state index in [9.17, 15) is 97.0 Å². The van der Waals surface area contributed by atoms with Gasteiger partial charge in [0.25, 0.3) is 0 Å². The van der Waals surface area contributed by atoms with Crippen molar-refractivity contribution in [2.45, 2.75) is 310 Å². The normalized spacial score (nSPS) is 56.2. The standard InChI is InChI=1S/C65H106O32/c1-23-35(72)38(75)43(80)54(87-23)93-49-29(70)21-86-53(47(49)84)92-48-25(3)89-55(45(82)41(48)78)95-51-40(77)36(73)24(2)88-58(51)97-59(85)65-15-14-60(4,5)16-27(65)26-10-11-33-61(6)17-28(69)52(62(7,22-68)32(61)12-13-63(33,8)64(26,9)18-34(65)71)96-57-46(83)42(79)50(31(20-67)91-57)94-56-44(81)39(76)37(74)30(19-66)90-56/h10,23-25,27-58,66-84H,11-22H2,1-9H3/t23-,24+,25-,27-,28-,29+,30+,31+,32?,33+,34+,35-,36-,37+,38+,39-,40-,41-,42+,43+,44+,45+,46+,47+,48-,49-,50+,51+,52-,53-,54-,55-,56-,57-,58-,61-,62-,63+,64+,65+/m0/s1. The molecular formula is C65H106O32. The van der Waals surface area contributed by atoms with E-state index in [-0.39, 0.29) is 36.5 Å². The van der Waals surface area contributed by atoms with Gasteiger partial charge in [0, 0.05) is 5.41 Å². The highest BCUT2D eigenvalue weighted by Crippen LogP contribution is 2.76. The zero-order valence-electron chi connectivity index (χ0n) is 56.1. The summed E-state index contributed by atoms with van der Waals surface area (Å²) in [4.78, 5) is 15.7. The van der Waals surface area contributed by atoms with Crippen molar-refractivity contribution in [2.24, 2.45) is 50.2 Å². The van der Waals surface area contributed by atoms with E-state index < -0.39 is 262 Å². The summed E-state index contributed by atoms with van der Waals surface area (Å²) in [6.07, 6.45) is -47.2. The summed E-state index contributed by atoms with van der Waals surface area (Å²) in [5.41, 5.74) is -4.48. The van der Waals surface area contributed by atoms with Gasteiger partial charge in [-0.1, -0.05) is 53.2 Å². The molecule has 0 aromatic rings. The summed E-state index contributed by atoms with van der Waals surface area (Å²) in [5, 5.41) is 212. The van der Waals surface area contributed by atoms with Gasteiger partial charge in [-0.15, -0.1) is 0 Å². The maximum atomic E-state index is 15.7. The lowest BCUT2D eigenvalue weighted by molar-refractivity contribution is -0.380. The van der Waals surface area contributed by atoms with Crippen molar-refractivity contribution >= 4 is 5.97 Å². The SMILES string of the molecule is C[C@@H]1O[C@@H](O[C@@H]2[C@@H](O)[C@H](O[C@@H]3[C@@H](O)[C@@H](O)[C@H](O[C@H]4[C@H](OC(=O)[C@]56CCC(C)(C)C[C@H]5C5=CC[C@@H]7[C@@]8(C)C[C@H](O)[C@H](O[C@@H]9O[C@H](CO)[C@@H](O[C@@H]%10O[C@H](CO)[C@@H](O)[C@H](O)[C@H]%10O)[C@H](O)[C@H]9O)[C@@](C)(CO)C8CC[C@@]7(C)[C@]5(C)C[C@H]6O)O[C@H](C)[C@H](O)[C@@H]4O)O[C@H]3C)OC[C@H]2O)[C@H](O)[C@H](O)[C@H]1O. The van der Waals surface area contributed by atoms with Crippen molar-refractivity contribution in [2.75, 3.05) is 26.4 Å². The molecule has 6 aliphatic heterocycles. The smallest absolute Gasteiger partial charge is 0.317 e. The second-order valence-corrected chi connectivity index (χ2v) is 31.5. The number of rotatable bonds is 15. The van der Waals surface area contributed by atoms with Gasteiger partial charge in [0.15, 0.2) is 37.6 Å². The number of esters is 1. The summed E-state index contributed by atoms with van der Waals surface area (Å²) in [6.45, 7) is 14.0. The van der Waals surface area contributed by atoms with Gasteiger partial charge in [-0.2, -0.15) is 0 Å². The zero-order valence-corrected chi connectivity index (χ0v) is 56.1. The molecule has 0 radical (unpaired) electrons. The summed E-state index contributed by atoms with van der Waals surface area (Å²) in [7, 11) is 0. The number of carbonyl (C=O) groups is 1. The van der Waals surface area contributed by atoms with Gasteiger partial charge in [-0.25, -0.2) is 0 Å². The molecule has 32 heteroatoms.